The smallest absolute Gasteiger partial charge is 0.0500 e. The van der Waals surface area contributed by atoms with Gasteiger partial charge in [0.05, 0.1) is 6.61 Å². The van der Waals surface area contributed by atoms with E-state index in [1.165, 1.54) is 37.7 Å². The molecule has 0 fully saturated rings. The van der Waals surface area contributed by atoms with Gasteiger partial charge in [-0.25, -0.2) is 0 Å². The lowest BCUT2D eigenvalue weighted by Gasteiger charge is -2.05. The molecule has 0 heterocycles. The molecule has 0 aliphatic carbocycles. The van der Waals surface area contributed by atoms with Gasteiger partial charge in [0.1, 0.15) is 0 Å². The second-order valence-electron chi connectivity index (χ2n) is 4.66. The van der Waals surface area contributed by atoms with Crippen LogP contribution in [0.5, 0.6) is 0 Å². The molecule has 0 rings (SSSR count). The van der Waals surface area contributed by atoms with E-state index >= 15 is 0 Å². The third-order valence-electron chi connectivity index (χ3n) is 2.95. The molecule has 0 amide bonds. The third kappa shape index (κ3) is 12.3. The number of hydrogen-bond acceptors (Lipinski definition) is 2. The Kier molecular flexibility index (Phi) is 14.7. The van der Waals surface area contributed by atoms with E-state index in [0.717, 1.165) is 38.2 Å². The van der Waals surface area contributed by atoms with Crippen LogP contribution in [0.25, 0.3) is 0 Å². The SMILES string of the molecule is C=CCCC/C(=C\CCOCCCCCC)CS. The first kappa shape index (κ1) is 17.8. The van der Waals surface area contributed by atoms with Gasteiger partial charge >= 0.3 is 0 Å². The zero-order valence-electron chi connectivity index (χ0n) is 12.0. The van der Waals surface area contributed by atoms with Crippen LogP contribution in [0.2, 0.25) is 0 Å². The van der Waals surface area contributed by atoms with E-state index in [1.54, 1.807) is 0 Å². The van der Waals surface area contributed by atoms with E-state index in [0.29, 0.717) is 0 Å². The molecule has 106 valence electrons. The summed E-state index contributed by atoms with van der Waals surface area (Å²) in [5, 5.41) is 0. The molecule has 0 aromatic carbocycles. The van der Waals surface area contributed by atoms with Gasteiger partial charge in [-0.2, -0.15) is 12.6 Å². The highest BCUT2D eigenvalue weighted by atomic mass is 32.1. The topological polar surface area (TPSA) is 9.23 Å². The summed E-state index contributed by atoms with van der Waals surface area (Å²) >= 11 is 4.36. The molecule has 0 atom stereocenters. The molecule has 0 spiro atoms. The van der Waals surface area contributed by atoms with Crippen LogP contribution in [0.15, 0.2) is 24.3 Å². The molecule has 0 bridgehead atoms. The van der Waals surface area contributed by atoms with Crippen molar-refractivity contribution in [3.05, 3.63) is 24.3 Å². The molecule has 0 saturated heterocycles. The second kappa shape index (κ2) is 14.8. The number of unbranched alkanes of at least 4 members (excludes halogenated alkanes) is 4. The number of hydrogen-bond donors (Lipinski definition) is 1. The van der Waals surface area contributed by atoms with Gasteiger partial charge in [0.2, 0.25) is 0 Å². The van der Waals surface area contributed by atoms with Crippen molar-refractivity contribution < 1.29 is 4.74 Å². The standard InChI is InChI=1S/C16H30OS/c1-3-5-7-9-13-17-14-10-12-16(15-18)11-8-6-4-2/h4,12,18H,2-3,5-11,13-15H2,1H3/b16-12+. The molecular weight excluding hydrogens is 240 g/mol. The van der Waals surface area contributed by atoms with Crippen molar-refractivity contribution in [1.82, 2.24) is 0 Å². The summed E-state index contributed by atoms with van der Waals surface area (Å²) in [5.41, 5.74) is 1.44. The molecule has 0 aliphatic heterocycles. The number of ether oxygens (including phenoxy) is 1. The van der Waals surface area contributed by atoms with Crippen LogP contribution in [0.3, 0.4) is 0 Å². The minimum atomic E-state index is 0.852. The van der Waals surface area contributed by atoms with E-state index < -0.39 is 0 Å². The first-order chi connectivity index (χ1) is 8.85. The lowest BCUT2D eigenvalue weighted by Crippen LogP contribution is -1.97. The van der Waals surface area contributed by atoms with Crippen molar-refractivity contribution in [2.75, 3.05) is 19.0 Å². The van der Waals surface area contributed by atoms with Crippen LogP contribution in [-0.4, -0.2) is 19.0 Å². The Labute approximate surface area is 119 Å². The molecule has 0 radical (unpaired) electrons. The number of thiol groups is 1. The minimum absolute atomic E-state index is 0.852. The predicted molar refractivity (Wildman–Crippen MR) is 85.6 cm³/mol. The van der Waals surface area contributed by atoms with Crippen molar-refractivity contribution in [3.8, 4) is 0 Å². The Morgan fingerprint density at radius 1 is 1.11 bits per heavy atom. The van der Waals surface area contributed by atoms with Crippen LogP contribution >= 0.6 is 12.6 Å². The van der Waals surface area contributed by atoms with Gasteiger partial charge < -0.3 is 4.74 Å². The summed E-state index contributed by atoms with van der Waals surface area (Å²) in [6.07, 6.45) is 13.9. The van der Waals surface area contributed by atoms with Gasteiger partial charge in [-0.15, -0.1) is 6.58 Å². The Hall–Kier alpha value is -0.210. The summed E-state index contributed by atoms with van der Waals surface area (Å²) in [4.78, 5) is 0. The lowest BCUT2D eigenvalue weighted by molar-refractivity contribution is 0.134. The summed E-state index contributed by atoms with van der Waals surface area (Å²) in [6, 6.07) is 0. The zero-order valence-corrected chi connectivity index (χ0v) is 12.9. The monoisotopic (exact) mass is 270 g/mol. The van der Waals surface area contributed by atoms with Gasteiger partial charge in [0, 0.05) is 12.4 Å². The molecular formula is C16H30OS. The first-order valence-electron chi connectivity index (χ1n) is 7.32. The number of rotatable bonds is 13. The Bertz CT molecular complexity index is 211. The Balaban J connectivity index is 3.43. The number of allylic oxidation sites excluding steroid dienone is 1. The van der Waals surface area contributed by atoms with Gasteiger partial charge in [0.15, 0.2) is 0 Å². The van der Waals surface area contributed by atoms with E-state index in [2.05, 4.69) is 32.2 Å². The van der Waals surface area contributed by atoms with Gasteiger partial charge in [0.25, 0.3) is 0 Å². The zero-order chi connectivity index (χ0) is 13.5. The lowest BCUT2D eigenvalue weighted by atomic mass is 10.1. The van der Waals surface area contributed by atoms with Crippen LogP contribution in [-0.2, 0) is 4.74 Å². The fraction of sp³-hybridized carbons (Fsp3) is 0.750. The molecule has 0 N–H and O–H groups in total. The molecule has 0 saturated carbocycles. The quantitative estimate of drug-likeness (QED) is 0.275. The maximum atomic E-state index is 5.62. The Morgan fingerprint density at radius 3 is 2.61 bits per heavy atom. The van der Waals surface area contributed by atoms with E-state index in [9.17, 15) is 0 Å². The summed E-state index contributed by atoms with van der Waals surface area (Å²) in [6.45, 7) is 7.74. The van der Waals surface area contributed by atoms with Crippen molar-refractivity contribution >= 4 is 12.6 Å². The van der Waals surface area contributed by atoms with Crippen molar-refractivity contribution in [1.29, 1.82) is 0 Å². The molecule has 2 heteroatoms. The highest BCUT2D eigenvalue weighted by Gasteiger charge is 1.95. The fourth-order valence-corrected chi connectivity index (χ4v) is 2.09. The highest BCUT2D eigenvalue weighted by molar-refractivity contribution is 7.80. The van der Waals surface area contributed by atoms with E-state index in [-0.39, 0.29) is 0 Å². The van der Waals surface area contributed by atoms with Crippen LogP contribution in [0.1, 0.15) is 58.3 Å². The predicted octanol–water partition coefficient (Wildman–Crippen LogP) is 5.19. The molecule has 18 heavy (non-hydrogen) atoms. The highest BCUT2D eigenvalue weighted by Crippen LogP contribution is 2.10. The third-order valence-corrected chi connectivity index (χ3v) is 3.35. The summed E-state index contributed by atoms with van der Waals surface area (Å²) < 4.78 is 5.62. The maximum Gasteiger partial charge on any atom is 0.0500 e. The van der Waals surface area contributed by atoms with E-state index in [1.807, 2.05) is 6.08 Å². The van der Waals surface area contributed by atoms with Crippen molar-refractivity contribution in [2.24, 2.45) is 0 Å². The van der Waals surface area contributed by atoms with Crippen LogP contribution in [0, 0.1) is 0 Å². The Morgan fingerprint density at radius 2 is 1.94 bits per heavy atom. The summed E-state index contributed by atoms with van der Waals surface area (Å²) in [7, 11) is 0. The van der Waals surface area contributed by atoms with Gasteiger partial charge in [-0.05, 0) is 32.1 Å². The van der Waals surface area contributed by atoms with Gasteiger partial charge in [-0.3, -0.25) is 0 Å². The first-order valence-corrected chi connectivity index (χ1v) is 7.95. The fourth-order valence-electron chi connectivity index (χ4n) is 1.80. The van der Waals surface area contributed by atoms with Crippen molar-refractivity contribution in [2.45, 2.75) is 58.3 Å². The maximum absolute atomic E-state index is 5.62. The average Bonchev–Trinajstić information content (AvgIpc) is 2.40. The van der Waals surface area contributed by atoms with Crippen LogP contribution < -0.4 is 0 Å². The average molecular weight is 270 g/mol. The van der Waals surface area contributed by atoms with Gasteiger partial charge in [-0.1, -0.05) is 43.9 Å². The van der Waals surface area contributed by atoms with E-state index in [4.69, 9.17) is 4.74 Å². The normalized spacial score (nSPS) is 11.8. The molecule has 0 aliphatic rings. The largest absolute Gasteiger partial charge is 0.381 e. The van der Waals surface area contributed by atoms with Crippen LogP contribution in [0.4, 0.5) is 0 Å². The molecule has 0 aromatic rings. The second-order valence-corrected chi connectivity index (χ2v) is 4.98. The van der Waals surface area contributed by atoms with Crippen molar-refractivity contribution in [3.63, 3.8) is 0 Å². The molecule has 0 unspecified atom stereocenters. The molecule has 1 nitrogen and oxygen atoms in total. The summed E-state index contributed by atoms with van der Waals surface area (Å²) in [5.74, 6) is 0.869. The minimum Gasteiger partial charge on any atom is -0.381 e. The molecule has 0 aromatic heterocycles.